The molecule has 0 saturated carbocycles. The van der Waals surface area contributed by atoms with Gasteiger partial charge in [-0.2, -0.15) is 5.10 Å². The van der Waals surface area contributed by atoms with E-state index in [1.807, 2.05) is 48.5 Å². The molecule has 4 aromatic rings. The monoisotopic (exact) mass is 928 g/mol. The average molecular weight is 928 g/mol. The van der Waals surface area contributed by atoms with Crippen LogP contribution in [0, 0.1) is 15.5 Å². The summed E-state index contributed by atoms with van der Waals surface area (Å²) in [5, 5.41) is 27.6. The van der Waals surface area contributed by atoms with E-state index in [4.69, 9.17) is 14.2 Å². The summed E-state index contributed by atoms with van der Waals surface area (Å²) in [5.41, 5.74) is 2.63. The Morgan fingerprint density at radius 2 is 1.63 bits per heavy atom. The number of nitro groups is 1. The summed E-state index contributed by atoms with van der Waals surface area (Å²) in [7, 11) is 3.26. The minimum absolute atomic E-state index is 0.151. The van der Waals surface area contributed by atoms with Crippen LogP contribution in [-0.2, 0) is 28.9 Å². The first-order valence-corrected chi connectivity index (χ1v) is 23.2. The quantitative estimate of drug-likeness (QED) is 0.0587. The van der Waals surface area contributed by atoms with Gasteiger partial charge in [0, 0.05) is 79.9 Å². The number of rotatable bonds is 20. The number of alkyl carbamates (subject to hydrolysis) is 1. The molecule has 0 bridgehead atoms. The van der Waals surface area contributed by atoms with Crippen LogP contribution >= 0.6 is 0 Å². The van der Waals surface area contributed by atoms with Crippen LogP contribution < -0.4 is 30.3 Å². The zero-order chi connectivity index (χ0) is 48.5. The number of H-pyrrole nitrogens is 1. The molecule has 0 aliphatic carbocycles. The fourth-order valence-electron chi connectivity index (χ4n) is 9.11. The molecule has 2 aromatic carbocycles. The van der Waals surface area contributed by atoms with Crippen molar-refractivity contribution in [1.29, 1.82) is 0 Å². The van der Waals surface area contributed by atoms with Gasteiger partial charge in [-0.3, -0.25) is 19.6 Å². The van der Waals surface area contributed by atoms with Crippen LogP contribution in [0.3, 0.4) is 0 Å². The Hall–Kier alpha value is -6.21. The van der Waals surface area contributed by atoms with E-state index >= 15 is 0 Å². The van der Waals surface area contributed by atoms with Crippen molar-refractivity contribution in [1.82, 2.24) is 40.2 Å². The average Bonchev–Trinajstić information content (AvgIpc) is 4.01. The van der Waals surface area contributed by atoms with Crippen molar-refractivity contribution in [3.63, 3.8) is 0 Å². The van der Waals surface area contributed by atoms with E-state index in [9.17, 15) is 24.5 Å². The highest BCUT2D eigenvalue weighted by Gasteiger charge is 2.41. The van der Waals surface area contributed by atoms with Crippen LogP contribution in [0.2, 0.25) is 0 Å². The second-order valence-corrected chi connectivity index (χ2v) is 19.5. The van der Waals surface area contributed by atoms with Crippen LogP contribution in [-0.4, -0.2) is 136 Å². The second kappa shape index (κ2) is 22.1. The first-order chi connectivity index (χ1) is 31.8. The lowest BCUT2D eigenvalue weighted by Gasteiger charge is -2.45. The van der Waals surface area contributed by atoms with Crippen LogP contribution in [0.15, 0.2) is 60.9 Å². The zero-order valence-corrected chi connectivity index (χ0v) is 40.5. The van der Waals surface area contributed by atoms with Crippen molar-refractivity contribution < 1.29 is 33.5 Å². The highest BCUT2D eigenvalue weighted by atomic mass is 16.6. The maximum Gasteiger partial charge on any atom is 0.434 e. The van der Waals surface area contributed by atoms with Crippen molar-refractivity contribution in [2.45, 2.75) is 117 Å². The molecule has 19 nitrogen and oxygen atoms in total. The number of benzene rings is 2. The number of likely N-dealkylation sites (tertiary alicyclic amines) is 1. The number of imidazole rings is 1. The maximum atomic E-state index is 13.8. The summed E-state index contributed by atoms with van der Waals surface area (Å²) in [6.45, 7) is 19.4. The molecule has 2 aliphatic rings. The summed E-state index contributed by atoms with van der Waals surface area (Å²) in [6.07, 6.45) is 5.25. The molecule has 67 heavy (non-hydrogen) atoms. The number of aromatic amines is 1. The van der Waals surface area contributed by atoms with Gasteiger partial charge in [0.1, 0.15) is 35.5 Å². The topological polar surface area (TPSA) is 214 Å². The molecule has 3 amide bonds. The molecule has 2 aliphatic heterocycles. The Labute approximate surface area is 393 Å². The van der Waals surface area contributed by atoms with Crippen LogP contribution in [0.4, 0.5) is 22.2 Å². The van der Waals surface area contributed by atoms with E-state index in [1.165, 1.54) is 17.0 Å². The van der Waals surface area contributed by atoms with E-state index in [2.05, 4.69) is 73.5 Å². The molecule has 6 rings (SSSR count). The fourth-order valence-corrected chi connectivity index (χ4v) is 9.11. The number of piperazine rings is 1. The number of ether oxygens (including phenoxy) is 3. The molecule has 2 saturated heterocycles. The summed E-state index contributed by atoms with van der Waals surface area (Å²) in [4.78, 5) is 61.8. The van der Waals surface area contributed by atoms with Gasteiger partial charge in [0.15, 0.2) is 5.82 Å². The number of anilines is 2. The van der Waals surface area contributed by atoms with Crippen LogP contribution in [0.25, 0.3) is 0 Å². The number of nitrogens with zero attached hydrogens (tertiary/aromatic N) is 7. The van der Waals surface area contributed by atoms with Gasteiger partial charge >= 0.3 is 12.0 Å². The van der Waals surface area contributed by atoms with Crippen molar-refractivity contribution in [2.24, 2.45) is 5.41 Å². The molecule has 0 radical (unpaired) electrons. The molecule has 19 heteroatoms. The number of aromatic nitrogens is 4. The van der Waals surface area contributed by atoms with Gasteiger partial charge in [0.2, 0.25) is 5.91 Å². The van der Waals surface area contributed by atoms with Gasteiger partial charge in [-0.1, -0.05) is 18.8 Å². The normalized spacial score (nSPS) is 19.1. The number of carbonyl (C=O) groups is 3. The first kappa shape index (κ1) is 50.2. The SMILES string of the molecule is COc1cc(CCc2cc(NC(=O)c3ccc(N4C[C@@H](C)N(CCCN5C[C@H](NC(=O)[C@H](CCCn6ccnc6[N+](=O)[O-])NC(=O)OC(C)(C)C)C(C)(C)C5)[C@@H](C)C4)cc3)n[nH]2)cc(OC)c1. The predicted molar refractivity (Wildman–Crippen MR) is 256 cm³/mol. The van der Waals surface area contributed by atoms with Gasteiger partial charge in [0.25, 0.3) is 5.91 Å². The molecule has 2 aromatic heterocycles. The molecule has 4 atom stereocenters. The third-order valence-electron chi connectivity index (χ3n) is 12.5. The molecule has 2 fully saturated rings. The molecule has 4 N–H and O–H groups in total. The Balaban J connectivity index is 0.948. The molecular weight excluding hydrogens is 859 g/mol. The molecule has 0 unspecified atom stereocenters. The van der Waals surface area contributed by atoms with Crippen molar-refractivity contribution in [2.75, 3.05) is 63.7 Å². The number of carbonyl (C=O) groups excluding carboxylic acids is 3. The minimum Gasteiger partial charge on any atom is -0.497 e. The van der Waals surface area contributed by atoms with E-state index in [0.29, 0.717) is 42.9 Å². The van der Waals surface area contributed by atoms with E-state index < -0.39 is 22.7 Å². The summed E-state index contributed by atoms with van der Waals surface area (Å²) >= 11 is 0. The molecule has 364 valence electrons. The Kier molecular flexibility index (Phi) is 16.5. The Morgan fingerprint density at radius 1 is 0.940 bits per heavy atom. The van der Waals surface area contributed by atoms with Gasteiger partial charge in [-0.15, -0.1) is 0 Å². The lowest BCUT2D eigenvalue weighted by molar-refractivity contribution is -0.396. The van der Waals surface area contributed by atoms with Crippen molar-refractivity contribution >= 4 is 35.4 Å². The number of hydrogen-bond donors (Lipinski definition) is 4. The summed E-state index contributed by atoms with van der Waals surface area (Å²) in [5.74, 6) is 1.13. The Bertz CT molecular complexity index is 2270. The Morgan fingerprint density at radius 3 is 2.27 bits per heavy atom. The van der Waals surface area contributed by atoms with E-state index in [-0.39, 0.29) is 42.2 Å². The zero-order valence-electron chi connectivity index (χ0n) is 40.5. The smallest absolute Gasteiger partial charge is 0.434 e. The third-order valence-corrected chi connectivity index (χ3v) is 12.5. The number of aryl methyl sites for hydroxylation is 3. The number of hydrogen-bond acceptors (Lipinski definition) is 13. The van der Waals surface area contributed by atoms with Crippen molar-refractivity contribution in [3.8, 4) is 11.5 Å². The van der Waals surface area contributed by atoms with Crippen LogP contribution in [0.5, 0.6) is 11.5 Å². The maximum absolute atomic E-state index is 13.8. The molecule has 0 spiro atoms. The highest BCUT2D eigenvalue weighted by Crippen LogP contribution is 2.31. The number of methoxy groups -OCH3 is 2. The predicted octanol–water partition coefficient (Wildman–Crippen LogP) is 6.06. The van der Waals surface area contributed by atoms with Gasteiger partial charge < -0.3 is 50.1 Å². The minimum atomic E-state index is -0.892. The number of nitrogens with one attached hydrogen (secondary N) is 4. The standard InChI is InChI=1S/C48H69N11O8/c1-32-28-57(37-17-14-35(15-18-37)43(60)52-42-26-36(53-54-42)16-13-34-24-38(65-8)27-39(25-34)66-9)29-33(2)58(32)22-11-20-55-30-41(48(6,7)31-55)51-44(61)40(50-46(62)67-47(3,4)5)12-10-21-56-23-19-49-45(56)59(63)64/h14-15,17-19,23-27,32-33,40-41H,10-13,16,20-22,28-31H2,1-9H3,(H,50,62)(H,51,61)(H2,52,53,54,60)/t32-,33+,40-,41-/m0/s1. The molecular formula is C48H69N11O8. The lowest BCUT2D eigenvalue weighted by atomic mass is 9.87. The van der Waals surface area contributed by atoms with Crippen molar-refractivity contribution in [3.05, 3.63) is 87.9 Å². The lowest BCUT2D eigenvalue weighted by Crippen LogP contribution is -2.57. The number of amides is 3. The van der Waals surface area contributed by atoms with Gasteiger partial charge in [0.05, 0.1) is 20.8 Å². The van der Waals surface area contributed by atoms with Gasteiger partial charge in [-0.25, -0.2) is 9.36 Å². The second-order valence-electron chi connectivity index (χ2n) is 19.5. The molecule has 4 heterocycles. The van der Waals surface area contributed by atoms with Crippen LogP contribution in [0.1, 0.15) is 89.3 Å². The largest absolute Gasteiger partial charge is 0.497 e. The highest BCUT2D eigenvalue weighted by molar-refractivity contribution is 6.04. The van der Waals surface area contributed by atoms with E-state index in [0.717, 1.165) is 74.0 Å². The van der Waals surface area contributed by atoms with E-state index in [1.54, 1.807) is 35.0 Å². The fraction of sp³-hybridized carbons (Fsp3) is 0.562. The van der Waals surface area contributed by atoms with Gasteiger partial charge in [-0.05, 0) is 126 Å². The summed E-state index contributed by atoms with van der Waals surface area (Å²) in [6, 6.07) is 15.0. The summed E-state index contributed by atoms with van der Waals surface area (Å²) < 4.78 is 17.7. The first-order valence-electron chi connectivity index (χ1n) is 23.2. The third kappa shape index (κ3) is 13.9.